The minimum atomic E-state index is -0.526. The summed E-state index contributed by atoms with van der Waals surface area (Å²) in [6, 6.07) is 20.1. The van der Waals surface area contributed by atoms with E-state index in [4.69, 9.17) is 9.26 Å². The van der Waals surface area contributed by atoms with Crippen LogP contribution in [-0.4, -0.2) is 55.2 Å². The number of aromatic nitrogens is 1. The fourth-order valence-corrected chi connectivity index (χ4v) is 4.69. The molecular formula is C26H31N3O3. The molecule has 0 saturated carbocycles. The molecule has 0 bridgehead atoms. The largest absolute Gasteiger partial charge is 0.497 e. The van der Waals surface area contributed by atoms with Crippen molar-refractivity contribution in [2.75, 3.05) is 34.3 Å². The first-order chi connectivity index (χ1) is 15.5. The molecule has 0 N–H and O–H groups in total. The van der Waals surface area contributed by atoms with Crippen molar-refractivity contribution in [3.8, 4) is 17.0 Å². The number of methoxy groups -OCH3 is 1. The van der Waals surface area contributed by atoms with Crippen LogP contribution in [0.4, 0.5) is 0 Å². The molecule has 0 aliphatic carbocycles. The Kier molecular flexibility index (Phi) is 6.61. The van der Waals surface area contributed by atoms with Crippen molar-refractivity contribution >= 4 is 5.91 Å². The van der Waals surface area contributed by atoms with Crippen molar-refractivity contribution in [2.24, 2.45) is 5.41 Å². The molecule has 6 heteroatoms. The average Bonchev–Trinajstić information content (AvgIpc) is 3.28. The van der Waals surface area contributed by atoms with Crippen LogP contribution < -0.4 is 4.74 Å². The maximum Gasteiger partial charge on any atom is 0.230 e. The second-order valence-electron chi connectivity index (χ2n) is 8.86. The SMILES string of the molecule is COc1ccc(CN2CCCC(Cc3cc(-c4ccccc4)no3)(C(=O)N(C)C)C2)cc1. The predicted octanol–water partition coefficient (Wildman–Crippen LogP) is 4.26. The molecule has 6 nitrogen and oxygen atoms in total. The van der Waals surface area contributed by atoms with E-state index < -0.39 is 5.41 Å². The van der Waals surface area contributed by atoms with Crippen LogP contribution in [-0.2, 0) is 17.8 Å². The van der Waals surface area contributed by atoms with Gasteiger partial charge in [-0.2, -0.15) is 0 Å². The van der Waals surface area contributed by atoms with Crippen molar-refractivity contribution in [2.45, 2.75) is 25.8 Å². The third-order valence-corrected chi connectivity index (χ3v) is 6.22. The van der Waals surface area contributed by atoms with Gasteiger partial charge in [-0.05, 0) is 37.1 Å². The number of benzene rings is 2. The molecular weight excluding hydrogens is 402 g/mol. The van der Waals surface area contributed by atoms with E-state index in [9.17, 15) is 4.79 Å². The fraction of sp³-hybridized carbons (Fsp3) is 0.385. The van der Waals surface area contributed by atoms with Gasteiger partial charge in [-0.15, -0.1) is 0 Å². The van der Waals surface area contributed by atoms with Crippen LogP contribution in [0.15, 0.2) is 65.2 Å². The van der Waals surface area contributed by atoms with E-state index in [1.165, 1.54) is 5.56 Å². The van der Waals surface area contributed by atoms with Crippen LogP contribution in [0.2, 0.25) is 0 Å². The van der Waals surface area contributed by atoms with Gasteiger partial charge in [0.2, 0.25) is 5.91 Å². The monoisotopic (exact) mass is 433 g/mol. The minimum Gasteiger partial charge on any atom is -0.497 e. The van der Waals surface area contributed by atoms with Crippen molar-refractivity contribution in [1.82, 2.24) is 15.0 Å². The number of ether oxygens (including phenoxy) is 1. The van der Waals surface area contributed by atoms with Crippen LogP contribution in [0.25, 0.3) is 11.3 Å². The lowest BCUT2D eigenvalue weighted by Crippen LogP contribution is -2.52. The Morgan fingerprint density at radius 2 is 1.91 bits per heavy atom. The van der Waals surface area contributed by atoms with Gasteiger partial charge in [0.15, 0.2) is 0 Å². The maximum absolute atomic E-state index is 13.4. The average molecular weight is 434 g/mol. The number of carbonyl (C=O) groups excluding carboxylic acids is 1. The molecule has 1 saturated heterocycles. The molecule has 2 aromatic carbocycles. The number of carbonyl (C=O) groups is 1. The summed E-state index contributed by atoms with van der Waals surface area (Å²) in [6.45, 7) is 2.47. The summed E-state index contributed by atoms with van der Waals surface area (Å²) < 4.78 is 11.0. The summed E-state index contributed by atoms with van der Waals surface area (Å²) >= 11 is 0. The van der Waals surface area contributed by atoms with Gasteiger partial charge >= 0.3 is 0 Å². The third-order valence-electron chi connectivity index (χ3n) is 6.22. The van der Waals surface area contributed by atoms with Crippen LogP contribution >= 0.6 is 0 Å². The van der Waals surface area contributed by atoms with Crippen LogP contribution in [0, 0.1) is 5.41 Å². The lowest BCUT2D eigenvalue weighted by atomic mass is 9.75. The normalized spacial score (nSPS) is 19.0. The van der Waals surface area contributed by atoms with Crippen molar-refractivity contribution in [3.05, 3.63) is 72.0 Å². The van der Waals surface area contributed by atoms with Crippen LogP contribution in [0.5, 0.6) is 5.75 Å². The lowest BCUT2D eigenvalue weighted by molar-refractivity contribution is -0.143. The Labute approximate surface area is 189 Å². The lowest BCUT2D eigenvalue weighted by Gasteiger charge is -2.42. The Hall–Kier alpha value is -3.12. The Morgan fingerprint density at radius 1 is 1.16 bits per heavy atom. The van der Waals surface area contributed by atoms with Gasteiger partial charge in [0.05, 0.1) is 12.5 Å². The topological polar surface area (TPSA) is 58.8 Å². The number of hydrogen-bond donors (Lipinski definition) is 0. The van der Waals surface area contributed by atoms with E-state index in [1.54, 1.807) is 12.0 Å². The molecule has 1 unspecified atom stereocenters. The highest BCUT2D eigenvalue weighted by Gasteiger charge is 2.44. The number of amides is 1. The maximum atomic E-state index is 13.4. The number of likely N-dealkylation sites (tertiary alicyclic amines) is 1. The van der Waals surface area contributed by atoms with E-state index in [0.29, 0.717) is 13.0 Å². The molecule has 0 radical (unpaired) electrons. The molecule has 0 spiro atoms. The summed E-state index contributed by atoms with van der Waals surface area (Å²) in [4.78, 5) is 17.5. The quantitative estimate of drug-likeness (QED) is 0.557. The zero-order chi connectivity index (χ0) is 22.6. The molecule has 1 atom stereocenters. The smallest absolute Gasteiger partial charge is 0.230 e. The van der Waals surface area contributed by atoms with Gasteiger partial charge in [0, 0.05) is 45.2 Å². The molecule has 1 aliphatic rings. The van der Waals surface area contributed by atoms with Gasteiger partial charge in [0.1, 0.15) is 17.2 Å². The molecule has 168 valence electrons. The highest BCUT2D eigenvalue weighted by atomic mass is 16.5. The first-order valence-electron chi connectivity index (χ1n) is 11.1. The standard InChI is InChI=1S/C26H31N3O3/c1-28(2)25(30)26(17-23-16-24(27-32-23)21-8-5-4-6-9-21)14-7-15-29(19-26)18-20-10-12-22(31-3)13-11-20/h4-6,8-13,16H,7,14-15,17-19H2,1-3H3. The zero-order valence-electron chi connectivity index (χ0n) is 19.1. The van der Waals surface area contributed by atoms with Crippen molar-refractivity contribution in [1.29, 1.82) is 0 Å². The number of nitrogens with zero attached hydrogens (tertiary/aromatic N) is 3. The summed E-state index contributed by atoms with van der Waals surface area (Å²) in [7, 11) is 5.35. The highest BCUT2D eigenvalue weighted by molar-refractivity contribution is 5.83. The number of hydrogen-bond acceptors (Lipinski definition) is 5. The summed E-state index contributed by atoms with van der Waals surface area (Å²) in [5.41, 5.74) is 2.51. The van der Waals surface area contributed by atoms with Crippen molar-refractivity contribution in [3.63, 3.8) is 0 Å². The zero-order valence-corrected chi connectivity index (χ0v) is 19.1. The van der Waals surface area contributed by atoms with E-state index >= 15 is 0 Å². The first kappa shape index (κ1) is 22.1. The fourth-order valence-electron chi connectivity index (χ4n) is 4.69. The van der Waals surface area contributed by atoms with Gasteiger partial charge in [-0.1, -0.05) is 47.6 Å². The third kappa shape index (κ3) is 4.86. The highest BCUT2D eigenvalue weighted by Crippen LogP contribution is 2.37. The molecule has 1 fully saturated rings. The van der Waals surface area contributed by atoms with Gasteiger partial charge in [0.25, 0.3) is 0 Å². The Balaban J connectivity index is 1.54. The molecule has 3 aromatic rings. The molecule has 4 rings (SSSR count). The molecule has 2 heterocycles. The minimum absolute atomic E-state index is 0.148. The van der Waals surface area contributed by atoms with E-state index in [1.807, 2.05) is 62.6 Å². The number of piperidine rings is 1. The Morgan fingerprint density at radius 3 is 2.59 bits per heavy atom. The summed E-state index contributed by atoms with van der Waals surface area (Å²) in [5.74, 6) is 1.75. The predicted molar refractivity (Wildman–Crippen MR) is 124 cm³/mol. The van der Waals surface area contributed by atoms with Gasteiger partial charge < -0.3 is 14.2 Å². The van der Waals surface area contributed by atoms with Gasteiger partial charge in [-0.3, -0.25) is 9.69 Å². The van der Waals surface area contributed by atoms with Crippen LogP contribution in [0.1, 0.15) is 24.2 Å². The second-order valence-corrected chi connectivity index (χ2v) is 8.86. The van der Waals surface area contributed by atoms with Crippen LogP contribution in [0.3, 0.4) is 0 Å². The van der Waals surface area contributed by atoms with E-state index in [-0.39, 0.29) is 5.91 Å². The van der Waals surface area contributed by atoms with Gasteiger partial charge in [-0.25, -0.2) is 0 Å². The second kappa shape index (κ2) is 9.57. The Bertz CT molecular complexity index is 1030. The summed E-state index contributed by atoms with van der Waals surface area (Å²) in [6.07, 6.45) is 2.35. The number of rotatable bonds is 7. The molecule has 1 aromatic heterocycles. The van der Waals surface area contributed by atoms with E-state index in [2.05, 4.69) is 22.2 Å². The first-order valence-corrected chi connectivity index (χ1v) is 11.1. The molecule has 1 aliphatic heterocycles. The molecule has 32 heavy (non-hydrogen) atoms. The van der Waals surface area contributed by atoms with E-state index in [0.717, 1.165) is 48.7 Å². The summed E-state index contributed by atoms with van der Waals surface area (Å²) in [5, 5.41) is 4.26. The van der Waals surface area contributed by atoms with Crippen molar-refractivity contribution < 1.29 is 14.1 Å². The molecule has 1 amide bonds.